The Morgan fingerprint density at radius 2 is 2.05 bits per heavy atom. The van der Waals surface area contributed by atoms with Crippen molar-refractivity contribution in [3.05, 3.63) is 68.7 Å². The largest absolute Gasteiger partial charge is 0.507 e. The fourth-order valence-corrected chi connectivity index (χ4v) is 1.83. The quantitative estimate of drug-likeness (QED) is 0.513. The average molecular weight is 320 g/mol. The van der Waals surface area contributed by atoms with Crippen molar-refractivity contribution in [2.24, 2.45) is 5.10 Å². The summed E-state index contributed by atoms with van der Waals surface area (Å²) >= 11 is 5.69. The number of nitro benzene ring substituents is 1. The van der Waals surface area contributed by atoms with E-state index in [9.17, 15) is 20.0 Å². The Kier molecular flexibility index (Phi) is 4.70. The second-order valence-electron chi connectivity index (χ2n) is 4.18. The minimum atomic E-state index is -0.611. The van der Waals surface area contributed by atoms with E-state index in [1.54, 1.807) is 12.1 Å². The van der Waals surface area contributed by atoms with Crippen molar-refractivity contribution in [1.82, 2.24) is 5.43 Å². The lowest BCUT2D eigenvalue weighted by Crippen LogP contribution is -2.17. The number of hydrogen-bond acceptors (Lipinski definition) is 5. The molecule has 1 amide bonds. The number of hydrazone groups is 1. The predicted octanol–water partition coefficient (Wildman–Crippen LogP) is 2.72. The highest BCUT2D eigenvalue weighted by Gasteiger charge is 2.12. The summed E-state index contributed by atoms with van der Waals surface area (Å²) in [4.78, 5) is 21.9. The summed E-state index contributed by atoms with van der Waals surface area (Å²) in [6.45, 7) is 0. The van der Waals surface area contributed by atoms with Gasteiger partial charge in [-0.15, -0.1) is 0 Å². The molecule has 112 valence electrons. The van der Waals surface area contributed by atoms with Gasteiger partial charge in [-0.2, -0.15) is 5.10 Å². The van der Waals surface area contributed by atoms with Gasteiger partial charge in [0.25, 0.3) is 11.6 Å². The van der Waals surface area contributed by atoms with Gasteiger partial charge in [0.05, 0.1) is 16.7 Å². The number of aromatic hydroxyl groups is 1. The summed E-state index contributed by atoms with van der Waals surface area (Å²) in [5, 5.41) is 24.0. The highest BCUT2D eigenvalue weighted by molar-refractivity contribution is 6.32. The van der Waals surface area contributed by atoms with Gasteiger partial charge in [-0.1, -0.05) is 29.8 Å². The lowest BCUT2D eigenvalue weighted by atomic mass is 10.2. The number of hydrogen-bond donors (Lipinski definition) is 2. The van der Waals surface area contributed by atoms with Crippen molar-refractivity contribution in [2.75, 3.05) is 0 Å². The molecule has 2 aromatic rings. The smallest absolute Gasteiger partial charge is 0.288 e. The number of nitro groups is 1. The molecule has 0 unspecified atom stereocenters. The molecule has 2 rings (SSSR count). The first kappa shape index (κ1) is 15.5. The van der Waals surface area contributed by atoms with E-state index in [2.05, 4.69) is 10.5 Å². The van der Waals surface area contributed by atoms with Gasteiger partial charge in [0, 0.05) is 11.6 Å². The third kappa shape index (κ3) is 3.58. The number of carbonyl (C=O) groups is 1. The van der Waals surface area contributed by atoms with Crippen molar-refractivity contribution in [1.29, 1.82) is 0 Å². The molecule has 0 atom stereocenters. The van der Waals surface area contributed by atoms with Crippen LogP contribution in [-0.4, -0.2) is 22.2 Å². The number of amides is 1. The third-order valence-electron chi connectivity index (χ3n) is 2.70. The third-order valence-corrected chi connectivity index (χ3v) is 3.01. The van der Waals surface area contributed by atoms with Crippen molar-refractivity contribution in [3.63, 3.8) is 0 Å². The molecule has 0 saturated carbocycles. The van der Waals surface area contributed by atoms with E-state index in [4.69, 9.17) is 11.6 Å². The van der Waals surface area contributed by atoms with Crippen molar-refractivity contribution in [2.45, 2.75) is 0 Å². The first-order chi connectivity index (χ1) is 10.5. The van der Waals surface area contributed by atoms with Gasteiger partial charge in [0.2, 0.25) is 0 Å². The molecule has 7 nitrogen and oxygen atoms in total. The number of rotatable bonds is 4. The topological polar surface area (TPSA) is 105 Å². The normalized spacial score (nSPS) is 10.6. The van der Waals surface area contributed by atoms with Crippen LogP contribution in [0.4, 0.5) is 5.69 Å². The number of benzene rings is 2. The van der Waals surface area contributed by atoms with E-state index in [1.165, 1.54) is 36.5 Å². The van der Waals surface area contributed by atoms with Gasteiger partial charge in [-0.3, -0.25) is 14.9 Å². The Hall–Kier alpha value is -2.93. The maximum atomic E-state index is 11.8. The van der Waals surface area contributed by atoms with Gasteiger partial charge >= 0.3 is 0 Å². The molecule has 0 aliphatic heterocycles. The molecular formula is C14H10ClN3O4. The summed E-state index contributed by atoms with van der Waals surface area (Å²) in [7, 11) is 0. The second-order valence-corrected chi connectivity index (χ2v) is 4.59. The lowest BCUT2D eigenvalue weighted by molar-refractivity contribution is -0.384. The van der Waals surface area contributed by atoms with E-state index in [-0.39, 0.29) is 22.0 Å². The van der Waals surface area contributed by atoms with E-state index in [0.717, 1.165) is 0 Å². The maximum Gasteiger partial charge on any atom is 0.288 e. The number of carbonyl (C=O) groups excluding carboxylic acids is 1. The second kappa shape index (κ2) is 6.68. The van der Waals surface area contributed by atoms with Crippen LogP contribution in [-0.2, 0) is 0 Å². The van der Waals surface area contributed by atoms with Crippen LogP contribution < -0.4 is 5.43 Å². The molecule has 0 radical (unpaired) electrons. The van der Waals surface area contributed by atoms with Crippen LogP contribution in [0.25, 0.3) is 0 Å². The number of phenolic OH excluding ortho intramolecular Hbond substituents is 1. The molecule has 22 heavy (non-hydrogen) atoms. The van der Waals surface area contributed by atoms with Crippen LogP contribution >= 0.6 is 11.6 Å². The molecule has 0 aliphatic carbocycles. The highest BCUT2D eigenvalue weighted by atomic mass is 35.5. The summed E-state index contributed by atoms with van der Waals surface area (Å²) in [6.07, 6.45) is 1.24. The van der Waals surface area contributed by atoms with Gasteiger partial charge in [-0.25, -0.2) is 5.43 Å². The summed E-state index contributed by atoms with van der Waals surface area (Å²) in [5.41, 5.74) is 2.44. The van der Waals surface area contributed by atoms with Crippen LogP contribution in [0.1, 0.15) is 15.9 Å². The van der Waals surface area contributed by atoms with E-state index < -0.39 is 10.8 Å². The molecule has 0 fully saturated rings. The van der Waals surface area contributed by atoms with E-state index >= 15 is 0 Å². The molecule has 2 aromatic carbocycles. The van der Waals surface area contributed by atoms with Crippen LogP contribution in [0.5, 0.6) is 5.75 Å². The molecule has 0 heterocycles. The standard InChI is InChI=1S/C14H10ClN3O4/c15-11-6-5-9(7-12(11)18(21)22)8-16-17-14(20)10-3-1-2-4-13(10)19/h1-8,19H,(H,17,20)/b16-8-. The molecule has 0 saturated heterocycles. The summed E-state index contributed by atoms with van der Waals surface area (Å²) in [6, 6.07) is 10.1. The summed E-state index contributed by atoms with van der Waals surface area (Å²) < 4.78 is 0. The number of halogens is 1. The monoisotopic (exact) mass is 319 g/mol. The molecule has 0 bridgehead atoms. The Balaban J connectivity index is 2.10. The van der Waals surface area contributed by atoms with Crippen molar-refractivity contribution >= 4 is 29.4 Å². The minimum Gasteiger partial charge on any atom is -0.507 e. The molecule has 0 aromatic heterocycles. The van der Waals surface area contributed by atoms with Gasteiger partial charge in [0.15, 0.2) is 0 Å². The van der Waals surface area contributed by atoms with Gasteiger partial charge < -0.3 is 5.11 Å². The molecule has 0 spiro atoms. The zero-order valence-corrected chi connectivity index (χ0v) is 11.8. The van der Waals surface area contributed by atoms with Gasteiger partial charge in [-0.05, 0) is 18.2 Å². The number of para-hydroxylation sites is 1. The lowest BCUT2D eigenvalue weighted by Gasteiger charge is -2.02. The molecule has 8 heteroatoms. The minimum absolute atomic E-state index is 0.0143. The first-order valence-corrected chi connectivity index (χ1v) is 6.42. The average Bonchev–Trinajstić information content (AvgIpc) is 2.49. The Morgan fingerprint density at radius 1 is 1.32 bits per heavy atom. The Bertz CT molecular complexity index is 762. The van der Waals surface area contributed by atoms with Crippen LogP contribution in [0.2, 0.25) is 5.02 Å². The van der Waals surface area contributed by atoms with Gasteiger partial charge in [0.1, 0.15) is 10.8 Å². The molecular weight excluding hydrogens is 310 g/mol. The zero-order chi connectivity index (χ0) is 16.1. The van der Waals surface area contributed by atoms with Crippen molar-refractivity contribution < 1.29 is 14.8 Å². The summed E-state index contributed by atoms with van der Waals surface area (Å²) in [5.74, 6) is -0.768. The number of phenols is 1. The number of nitrogens with zero attached hydrogens (tertiary/aromatic N) is 2. The van der Waals surface area contributed by atoms with Crippen molar-refractivity contribution in [3.8, 4) is 5.75 Å². The SMILES string of the molecule is O=C(N/N=C\c1ccc(Cl)c([N+](=O)[O-])c1)c1ccccc1O. The van der Waals surface area contributed by atoms with Crippen LogP contribution in [0, 0.1) is 10.1 Å². The van der Waals surface area contributed by atoms with Crippen LogP contribution in [0.3, 0.4) is 0 Å². The zero-order valence-electron chi connectivity index (χ0n) is 11.1. The highest BCUT2D eigenvalue weighted by Crippen LogP contribution is 2.24. The fourth-order valence-electron chi connectivity index (χ4n) is 1.64. The van der Waals surface area contributed by atoms with Crippen LogP contribution in [0.15, 0.2) is 47.6 Å². The van der Waals surface area contributed by atoms with E-state index in [1.807, 2.05) is 0 Å². The molecule has 0 aliphatic rings. The number of nitrogens with one attached hydrogen (secondary N) is 1. The fraction of sp³-hybridized carbons (Fsp3) is 0. The van der Waals surface area contributed by atoms with E-state index in [0.29, 0.717) is 5.56 Å². The first-order valence-electron chi connectivity index (χ1n) is 6.04. The Morgan fingerprint density at radius 3 is 2.73 bits per heavy atom. The Labute approximate surface area is 130 Å². The predicted molar refractivity (Wildman–Crippen MR) is 81.3 cm³/mol. The molecule has 2 N–H and O–H groups in total. The maximum absolute atomic E-state index is 11.8.